The lowest BCUT2D eigenvalue weighted by atomic mass is 10.2. The summed E-state index contributed by atoms with van der Waals surface area (Å²) in [6.45, 7) is 0. The fourth-order valence-electron chi connectivity index (χ4n) is 2.18. The average molecular weight is 430 g/mol. The Bertz CT molecular complexity index is 848. The number of rotatable bonds is 5. The van der Waals surface area contributed by atoms with Crippen molar-refractivity contribution in [2.75, 3.05) is 0 Å². The minimum absolute atomic E-state index is 0.0939. The first-order valence-corrected chi connectivity index (χ1v) is 9.66. The van der Waals surface area contributed by atoms with E-state index in [-0.39, 0.29) is 31.8 Å². The molecule has 3 rings (SSSR count). The lowest BCUT2D eigenvalue weighted by molar-refractivity contribution is -0.602. The predicted molar refractivity (Wildman–Crippen MR) is 88.2 cm³/mol. The average Bonchev–Trinajstić information content (AvgIpc) is 2.64. The molecule has 3 aromatic rings. The zero-order valence-electron chi connectivity index (χ0n) is 12.7. The highest BCUT2D eigenvalue weighted by atomic mass is 127. The van der Waals surface area contributed by atoms with Gasteiger partial charge in [-0.3, -0.25) is 10.1 Å². The van der Waals surface area contributed by atoms with Crippen molar-refractivity contribution in [1.82, 2.24) is 0 Å². The normalized spacial score (nSPS) is 11.2. The van der Waals surface area contributed by atoms with Crippen LogP contribution in [0.1, 0.15) is 5.56 Å². The third-order valence-electron chi connectivity index (χ3n) is 3.39. The van der Waals surface area contributed by atoms with Crippen molar-refractivity contribution in [3.8, 4) is 0 Å². The first-order chi connectivity index (χ1) is 11.7. The van der Waals surface area contributed by atoms with E-state index in [1.165, 1.54) is 15.7 Å². The highest BCUT2D eigenvalue weighted by Gasteiger charge is 2.21. The van der Waals surface area contributed by atoms with Crippen LogP contribution in [0.3, 0.4) is 0 Å². The number of halogens is 1. The van der Waals surface area contributed by atoms with Gasteiger partial charge < -0.3 is 0 Å². The molecule has 0 unspecified atom stereocenters. The van der Waals surface area contributed by atoms with Crippen LogP contribution in [0.5, 0.6) is 0 Å². The van der Waals surface area contributed by atoms with Crippen molar-refractivity contribution in [2.24, 2.45) is 0 Å². The second-order valence-electron chi connectivity index (χ2n) is 4.99. The standard InChI is InChI=1S/C19H15IN2O2/c23-22(24)18-11-13-21(14-12-18)19(16-7-3-1-4-8-16)15-20-17-9-5-2-6-10-17/h1-15H/q+2/b19-15+. The minimum atomic E-state index is -0.382. The zero-order valence-corrected chi connectivity index (χ0v) is 14.9. The van der Waals surface area contributed by atoms with E-state index in [2.05, 4.69) is 28.3 Å². The number of pyridine rings is 1. The van der Waals surface area contributed by atoms with Gasteiger partial charge in [-0.2, -0.15) is 4.57 Å². The minimum Gasteiger partial charge on any atom is -0.258 e. The Morgan fingerprint density at radius 3 is 2.08 bits per heavy atom. The molecule has 0 radical (unpaired) electrons. The van der Waals surface area contributed by atoms with Gasteiger partial charge in [0.05, 0.1) is 22.6 Å². The van der Waals surface area contributed by atoms with Gasteiger partial charge in [-0.25, -0.2) is 0 Å². The molecule has 118 valence electrons. The Morgan fingerprint density at radius 2 is 1.50 bits per heavy atom. The number of benzene rings is 2. The van der Waals surface area contributed by atoms with Crippen molar-refractivity contribution in [1.29, 1.82) is 0 Å². The number of nitrogens with zero attached hydrogens (tertiary/aromatic N) is 2. The first-order valence-electron chi connectivity index (χ1n) is 7.34. The van der Waals surface area contributed by atoms with Gasteiger partial charge in [0.15, 0.2) is 16.0 Å². The largest absolute Gasteiger partial charge is 0.356 e. The highest BCUT2D eigenvalue weighted by molar-refractivity contribution is 5.56. The fraction of sp³-hybridized carbons (Fsp3) is 0. The molecule has 0 saturated carbocycles. The second-order valence-corrected chi connectivity index (χ2v) is 7.48. The van der Waals surface area contributed by atoms with Crippen LogP contribution in [0.2, 0.25) is 0 Å². The molecule has 1 heterocycles. The van der Waals surface area contributed by atoms with Crippen LogP contribution in [0, 0.1) is 13.7 Å². The molecule has 0 atom stereocenters. The lowest BCUT2D eigenvalue weighted by Crippen LogP contribution is -3.59. The molecular weight excluding hydrogens is 415 g/mol. The Morgan fingerprint density at radius 1 is 0.917 bits per heavy atom. The van der Waals surface area contributed by atoms with Gasteiger partial charge >= 0.3 is 21.2 Å². The van der Waals surface area contributed by atoms with Crippen molar-refractivity contribution in [2.45, 2.75) is 0 Å². The maximum Gasteiger partial charge on any atom is 0.356 e. The van der Waals surface area contributed by atoms with E-state index in [0.717, 1.165) is 11.3 Å². The SMILES string of the molecule is O=[N+]([O-])c1cc[n+](/C(=C/[I+]c2ccccc2)c2ccccc2)cc1. The number of hydrogen-bond acceptors (Lipinski definition) is 2. The molecule has 0 amide bonds. The van der Waals surface area contributed by atoms with Crippen molar-refractivity contribution in [3.05, 3.63) is 109 Å². The van der Waals surface area contributed by atoms with E-state index in [1.807, 2.05) is 41.0 Å². The Labute approximate surface area is 150 Å². The van der Waals surface area contributed by atoms with Crippen LogP contribution in [-0.4, -0.2) is 4.92 Å². The smallest absolute Gasteiger partial charge is 0.258 e. The lowest BCUT2D eigenvalue weighted by Gasteiger charge is -1.99. The van der Waals surface area contributed by atoms with Gasteiger partial charge in [-0.15, -0.1) is 0 Å². The van der Waals surface area contributed by atoms with E-state index >= 15 is 0 Å². The van der Waals surface area contributed by atoms with Gasteiger partial charge in [-0.1, -0.05) is 36.4 Å². The molecule has 0 fully saturated rings. The Hall–Kier alpha value is -2.54. The van der Waals surface area contributed by atoms with Crippen LogP contribution in [0.15, 0.2) is 89.3 Å². The van der Waals surface area contributed by atoms with Crippen LogP contribution < -0.4 is 25.8 Å². The Balaban J connectivity index is 1.97. The molecule has 5 heteroatoms. The molecule has 0 bridgehead atoms. The molecule has 0 aliphatic rings. The summed E-state index contributed by atoms with van der Waals surface area (Å²) in [6, 6.07) is 23.5. The topological polar surface area (TPSA) is 47.0 Å². The van der Waals surface area contributed by atoms with E-state index in [0.29, 0.717) is 0 Å². The van der Waals surface area contributed by atoms with Crippen molar-refractivity contribution >= 4 is 11.4 Å². The molecule has 24 heavy (non-hydrogen) atoms. The summed E-state index contributed by atoms with van der Waals surface area (Å²) in [5.74, 6) is 0. The third-order valence-corrected chi connectivity index (χ3v) is 5.73. The van der Waals surface area contributed by atoms with Crippen molar-refractivity contribution in [3.63, 3.8) is 0 Å². The van der Waals surface area contributed by atoms with Gasteiger partial charge in [0.1, 0.15) is 0 Å². The summed E-state index contributed by atoms with van der Waals surface area (Å²) in [7, 11) is 0. The van der Waals surface area contributed by atoms with Gasteiger partial charge in [0.25, 0.3) is 11.4 Å². The van der Waals surface area contributed by atoms with Gasteiger partial charge in [0, 0.05) is 0 Å². The van der Waals surface area contributed by atoms with Crippen LogP contribution >= 0.6 is 0 Å². The molecule has 0 aliphatic heterocycles. The van der Waals surface area contributed by atoms with E-state index in [4.69, 9.17) is 0 Å². The van der Waals surface area contributed by atoms with E-state index < -0.39 is 0 Å². The van der Waals surface area contributed by atoms with E-state index in [1.54, 1.807) is 12.4 Å². The van der Waals surface area contributed by atoms with Crippen LogP contribution in [-0.2, 0) is 0 Å². The predicted octanol–water partition coefficient (Wildman–Crippen LogP) is 0.688. The Kier molecular flexibility index (Phi) is 5.32. The number of aromatic nitrogens is 1. The molecule has 1 aromatic heterocycles. The van der Waals surface area contributed by atoms with E-state index in [9.17, 15) is 10.1 Å². The zero-order chi connectivity index (χ0) is 16.8. The number of nitro groups is 1. The summed E-state index contributed by atoms with van der Waals surface area (Å²) >= 11 is -0.302. The maximum absolute atomic E-state index is 10.8. The monoisotopic (exact) mass is 430 g/mol. The fourth-order valence-corrected chi connectivity index (χ4v) is 4.35. The summed E-state index contributed by atoms with van der Waals surface area (Å²) < 4.78 is 5.51. The van der Waals surface area contributed by atoms with Gasteiger partial charge in [-0.05, 0) is 24.3 Å². The summed E-state index contributed by atoms with van der Waals surface area (Å²) in [4.78, 5) is 10.5. The summed E-state index contributed by atoms with van der Waals surface area (Å²) in [6.07, 6.45) is 3.48. The molecule has 0 N–H and O–H groups in total. The molecule has 0 spiro atoms. The van der Waals surface area contributed by atoms with Crippen molar-refractivity contribution < 1.29 is 30.7 Å². The summed E-state index contributed by atoms with van der Waals surface area (Å²) in [5.41, 5.74) is 2.23. The second kappa shape index (κ2) is 7.83. The highest BCUT2D eigenvalue weighted by Crippen LogP contribution is 2.11. The molecule has 0 saturated heterocycles. The maximum atomic E-state index is 10.8. The summed E-state index contributed by atoms with van der Waals surface area (Å²) in [5, 5.41) is 10.8. The molecule has 0 aliphatic carbocycles. The van der Waals surface area contributed by atoms with Crippen LogP contribution in [0.4, 0.5) is 5.69 Å². The first kappa shape index (κ1) is 16.3. The molecule has 4 nitrogen and oxygen atoms in total. The number of hydrogen-bond donors (Lipinski definition) is 0. The van der Waals surface area contributed by atoms with Crippen LogP contribution in [0.25, 0.3) is 5.70 Å². The third kappa shape index (κ3) is 4.05. The quantitative estimate of drug-likeness (QED) is 0.259. The molecule has 2 aromatic carbocycles. The van der Waals surface area contributed by atoms with Gasteiger partial charge in [0.2, 0.25) is 4.08 Å². The molecular formula is C19H15IN2O2+2.